The third kappa shape index (κ3) is 7.87. The molecule has 2 rings (SSSR count). The molecule has 2 atom stereocenters. The van der Waals surface area contributed by atoms with Crippen LogP contribution in [0.2, 0.25) is 0 Å². The summed E-state index contributed by atoms with van der Waals surface area (Å²) in [7, 11) is 0. The van der Waals surface area contributed by atoms with Crippen LogP contribution in [0.15, 0.2) is 4.99 Å². The normalized spacial score (nSPS) is 28.5. The highest BCUT2D eigenvalue weighted by atomic mass is 127. The molecule has 0 amide bonds. The van der Waals surface area contributed by atoms with Gasteiger partial charge in [-0.3, -0.25) is 4.99 Å². The van der Waals surface area contributed by atoms with Gasteiger partial charge in [-0.2, -0.15) is 0 Å². The van der Waals surface area contributed by atoms with Crippen LogP contribution in [0.1, 0.15) is 52.9 Å². The van der Waals surface area contributed by atoms with Crippen LogP contribution in [0.4, 0.5) is 0 Å². The summed E-state index contributed by atoms with van der Waals surface area (Å²) in [5.74, 6) is 1.79. The van der Waals surface area contributed by atoms with Gasteiger partial charge in [0.25, 0.3) is 0 Å². The van der Waals surface area contributed by atoms with Gasteiger partial charge in [-0.15, -0.1) is 24.0 Å². The maximum atomic E-state index is 5.81. The lowest BCUT2D eigenvalue weighted by molar-refractivity contribution is 0.0283. The molecule has 0 saturated carbocycles. The van der Waals surface area contributed by atoms with Crippen molar-refractivity contribution >= 4 is 29.9 Å². The van der Waals surface area contributed by atoms with Crippen LogP contribution >= 0.6 is 24.0 Å². The maximum Gasteiger partial charge on any atom is 0.191 e. The van der Waals surface area contributed by atoms with Crippen molar-refractivity contribution in [3.8, 4) is 0 Å². The first kappa shape index (κ1) is 22.0. The number of aliphatic imine (C=N–C) groups is 1. The van der Waals surface area contributed by atoms with E-state index in [2.05, 4.69) is 36.3 Å². The number of guanidine groups is 1. The Balaban J connectivity index is 0.00000288. The third-order valence-electron chi connectivity index (χ3n) is 4.90. The van der Waals surface area contributed by atoms with Gasteiger partial charge in [-0.1, -0.05) is 6.92 Å². The summed E-state index contributed by atoms with van der Waals surface area (Å²) >= 11 is 0. The van der Waals surface area contributed by atoms with Crippen molar-refractivity contribution in [2.24, 2.45) is 10.9 Å². The quantitative estimate of drug-likeness (QED) is 0.270. The van der Waals surface area contributed by atoms with Gasteiger partial charge in [0.05, 0.1) is 12.1 Å². The molecule has 0 aromatic rings. The van der Waals surface area contributed by atoms with Crippen LogP contribution < -0.4 is 10.6 Å². The fourth-order valence-electron chi connectivity index (χ4n) is 3.55. The second kappa shape index (κ2) is 11.5. The molecule has 0 aromatic heterocycles. The fraction of sp³-hybridized carbons (Fsp3) is 0.944. The number of ether oxygens (including phenoxy) is 1. The second-order valence-electron chi connectivity index (χ2n) is 7.43. The monoisotopic (exact) mass is 452 g/mol. The highest BCUT2D eigenvalue weighted by Gasteiger charge is 2.29. The highest BCUT2D eigenvalue weighted by Crippen LogP contribution is 2.24. The lowest BCUT2D eigenvalue weighted by atomic mass is 10.0. The molecular weight excluding hydrogens is 415 g/mol. The summed E-state index contributed by atoms with van der Waals surface area (Å²) in [4.78, 5) is 7.32. The molecular formula is C18H37IN4O. The summed E-state index contributed by atoms with van der Waals surface area (Å²) < 4.78 is 5.81. The highest BCUT2D eigenvalue weighted by molar-refractivity contribution is 14.0. The second-order valence-corrected chi connectivity index (χ2v) is 7.43. The Kier molecular flexibility index (Phi) is 10.5. The molecule has 6 heteroatoms. The molecule has 2 saturated heterocycles. The Morgan fingerprint density at radius 2 is 2.17 bits per heavy atom. The molecule has 2 aliphatic heterocycles. The van der Waals surface area contributed by atoms with Crippen molar-refractivity contribution in [2.45, 2.75) is 58.5 Å². The topological polar surface area (TPSA) is 48.9 Å². The summed E-state index contributed by atoms with van der Waals surface area (Å²) in [5.41, 5.74) is -0.0632. The van der Waals surface area contributed by atoms with Crippen molar-refractivity contribution < 1.29 is 4.74 Å². The van der Waals surface area contributed by atoms with Crippen LogP contribution in [0, 0.1) is 5.92 Å². The van der Waals surface area contributed by atoms with Crippen LogP contribution in [0.3, 0.4) is 0 Å². The zero-order chi connectivity index (χ0) is 16.5. The Morgan fingerprint density at radius 3 is 2.83 bits per heavy atom. The van der Waals surface area contributed by atoms with Crippen molar-refractivity contribution in [1.29, 1.82) is 0 Å². The molecule has 2 N–H and O–H groups in total. The van der Waals surface area contributed by atoms with Gasteiger partial charge in [-0.05, 0) is 65.0 Å². The number of likely N-dealkylation sites (tertiary alicyclic amines) is 1. The van der Waals surface area contributed by atoms with Crippen molar-refractivity contribution in [1.82, 2.24) is 15.5 Å². The summed E-state index contributed by atoms with van der Waals surface area (Å²) in [6.45, 7) is 13.9. The molecule has 5 nitrogen and oxygen atoms in total. The molecule has 2 fully saturated rings. The van der Waals surface area contributed by atoms with Gasteiger partial charge >= 0.3 is 0 Å². The number of hydrogen-bond donors (Lipinski definition) is 2. The van der Waals surface area contributed by atoms with Gasteiger partial charge in [0.2, 0.25) is 0 Å². The average Bonchev–Trinajstić information content (AvgIpc) is 2.96. The molecule has 0 aromatic carbocycles. The summed E-state index contributed by atoms with van der Waals surface area (Å²) in [6, 6.07) is 0. The molecule has 2 heterocycles. The van der Waals surface area contributed by atoms with E-state index in [4.69, 9.17) is 9.73 Å². The van der Waals surface area contributed by atoms with E-state index in [1.807, 2.05) is 0 Å². The molecule has 0 bridgehead atoms. The average molecular weight is 452 g/mol. The molecule has 24 heavy (non-hydrogen) atoms. The molecule has 2 aliphatic rings. The smallest absolute Gasteiger partial charge is 0.191 e. The first-order valence-electron chi connectivity index (χ1n) is 9.50. The van der Waals surface area contributed by atoms with Crippen molar-refractivity contribution in [2.75, 3.05) is 45.9 Å². The van der Waals surface area contributed by atoms with Crippen LogP contribution in [-0.4, -0.2) is 62.3 Å². The first-order chi connectivity index (χ1) is 11.1. The minimum atomic E-state index is -0.0632. The van der Waals surface area contributed by atoms with Crippen molar-refractivity contribution in [3.05, 3.63) is 0 Å². The van der Waals surface area contributed by atoms with Gasteiger partial charge in [0.1, 0.15) is 0 Å². The predicted molar refractivity (Wildman–Crippen MR) is 112 cm³/mol. The summed E-state index contributed by atoms with van der Waals surface area (Å²) in [6.07, 6.45) is 6.20. The van der Waals surface area contributed by atoms with E-state index in [-0.39, 0.29) is 29.6 Å². The standard InChI is InChI=1S/C18H36N4O.HI/c1-4-19-17(21-15-18(3)9-6-13-23-18)20-10-7-12-22-11-5-8-16(2)14-22;/h16H,4-15H2,1-3H3,(H2,19,20,21);1H. The van der Waals surface area contributed by atoms with Gasteiger partial charge < -0.3 is 20.3 Å². The van der Waals surface area contributed by atoms with Gasteiger partial charge in [-0.25, -0.2) is 0 Å². The molecule has 0 radical (unpaired) electrons. The fourth-order valence-corrected chi connectivity index (χ4v) is 3.55. The van der Waals surface area contributed by atoms with Crippen LogP contribution in [0.5, 0.6) is 0 Å². The molecule has 0 spiro atoms. The minimum Gasteiger partial charge on any atom is -0.373 e. The number of nitrogens with one attached hydrogen (secondary N) is 2. The first-order valence-corrected chi connectivity index (χ1v) is 9.50. The number of piperidine rings is 1. The van der Waals surface area contributed by atoms with E-state index in [0.29, 0.717) is 0 Å². The Morgan fingerprint density at radius 1 is 1.33 bits per heavy atom. The Labute approximate surface area is 165 Å². The van der Waals surface area contributed by atoms with E-state index in [1.165, 1.54) is 38.9 Å². The van der Waals surface area contributed by atoms with E-state index in [1.54, 1.807) is 0 Å². The Hall–Kier alpha value is -0.0800. The molecule has 2 unspecified atom stereocenters. The van der Waals surface area contributed by atoms with E-state index in [9.17, 15) is 0 Å². The van der Waals surface area contributed by atoms with E-state index in [0.717, 1.165) is 51.0 Å². The largest absolute Gasteiger partial charge is 0.373 e. The molecule has 142 valence electrons. The van der Waals surface area contributed by atoms with E-state index < -0.39 is 0 Å². The number of hydrogen-bond acceptors (Lipinski definition) is 3. The number of halogens is 1. The van der Waals surface area contributed by atoms with E-state index >= 15 is 0 Å². The third-order valence-corrected chi connectivity index (χ3v) is 4.90. The SMILES string of the molecule is CCNC(=NCC1(C)CCCO1)NCCCN1CCCC(C)C1.I. The van der Waals surface area contributed by atoms with Gasteiger partial charge in [0, 0.05) is 26.2 Å². The lowest BCUT2D eigenvalue weighted by Gasteiger charge is -2.30. The van der Waals surface area contributed by atoms with Crippen LogP contribution in [0.25, 0.3) is 0 Å². The maximum absolute atomic E-state index is 5.81. The lowest BCUT2D eigenvalue weighted by Crippen LogP contribution is -2.41. The predicted octanol–water partition coefficient (Wildman–Crippen LogP) is 2.85. The number of rotatable bonds is 7. The summed E-state index contributed by atoms with van der Waals surface area (Å²) in [5, 5.41) is 6.81. The Bertz CT molecular complexity index is 372. The number of nitrogens with zero attached hydrogens (tertiary/aromatic N) is 2. The van der Waals surface area contributed by atoms with Crippen molar-refractivity contribution in [3.63, 3.8) is 0 Å². The zero-order valence-electron chi connectivity index (χ0n) is 15.8. The van der Waals surface area contributed by atoms with Crippen LogP contribution in [-0.2, 0) is 4.74 Å². The zero-order valence-corrected chi connectivity index (χ0v) is 18.1. The van der Waals surface area contributed by atoms with Gasteiger partial charge in [0.15, 0.2) is 5.96 Å². The molecule has 0 aliphatic carbocycles. The minimum absolute atomic E-state index is 0.